The van der Waals surface area contributed by atoms with Gasteiger partial charge in [0.2, 0.25) is 11.7 Å². The van der Waals surface area contributed by atoms with Crippen LogP contribution in [0.2, 0.25) is 0 Å². The predicted molar refractivity (Wildman–Crippen MR) is 141 cm³/mol. The molecule has 3 rings (SSSR count). The molecule has 5 N–H and O–H groups in total. The number of amides is 1. The average molecular weight is 528 g/mol. The molecular weight excluding hydrogens is 494 g/mol. The van der Waals surface area contributed by atoms with E-state index >= 15 is 0 Å². The number of ketones is 1. The third-order valence-electron chi connectivity index (χ3n) is 6.50. The van der Waals surface area contributed by atoms with Crippen molar-refractivity contribution in [1.29, 1.82) is 0 Å². The first-order valence-electron chi connectivity index (χ1n) is 12.2. The number of rotatable bonds is 14. The van der Waals surface area contributed by atoms with Crippen LogP contribution in [-0.2, 0) is 37.5 Å². The van der Waals surface area contributed by atoms with Gasteiger partial charge in [-0.3, -0.25) is 23.7 Å². The van der Waals surface area contributed by atoms with E-state index in [1.165, 1.54) is 12.1 Å². The standard InChI is InChI=1S/C27H33N3O6S/c1-18(7-14-24(28)21-10-11-21)25(16-20-8-12-22(13-9-20)30-37(34,35)36)29-27(33)23(26(32)17-31)15-19-5-3-2-4-6-19/h2-6,8-9,12-14,17-18,21,23,25,30H,7,10-11,15-16,28H2,1H3,(H,29,33)(H,34,35,36)/b24-14-/t18?,23-,25+/m1/s1. The van der Waals surface area contributed by atoms with Gasteiger partial charge < -0.3 is 11.1 Å². The Bertz CT molecular complexity index is 1220. The van der Waals surface area contributed by atoms with Gasteiger partial charge in [-0.2, -0.15) is 8.42 Å². The Hall–Kier alpha value is -3.50. The quantitative estimate of drug-likeness (QED) is 0.127. The van der Waals surface area contributed by atoms with E-state index < -0.39 is 34.0 Å². The van der Waals surface area contributed by atoms with Gasteiger partial charge in [0.25, 0.3) is 0 Å². The van der Waals surface area contributed by atoms with Gasteiger partial charge in [-0.1, -0.05) is 55.5 Å². The van der Waals surface area contributed by atoms with Crippen molar-refractivity contribution in [2.75, 3.05) is 4.72 Å². The first kappa shape index (κ1) is 28.1. The molecule has 37 heavy (non-hydrogen) atoms. The smallest absolute Gasteiger partial charge is 0.357 e. The van der Waals surface area contributed by atoms with Gasteiger partial charge in [0.05, 0.1) is 5.69 Å². The van der Waals surface area contributed by atoms with E-state index in [0.29, 0.717) is 18.8 Å². The Morgan fingerprint density at radius 2 is 1.68 bits per heavy atom. The van der Waals surface area contributed by atoms with E-state index in [1.54, 1.807) is 36.4 Å². The Balaban J connectivity index is 1.79. The Morgan fingerprint density at radius 3 is 2.24 bits per heavy atom. The van der Waals surface area contributed by atoms with E-state index in [9.17, 15) is 22.8 Å². The van der Waals surface area contributed by atoms with Crippen LogP contribution in [0, 0.1) is 17.8 Å². The minimum absolute atomic E-state index is 0.0550. The molecule has 0 aliphatic heterocycles. The minimum atomic E-state index is -4.39. The third-order valence-corrected chi connectivity index (χ3v) is 7.00. The summed E-state index contributed by atoms with van der Waals surface area (Å²) in [6.07, 6.45) is 5.44. The summed E-state index contributed by atoms with van der Waals surface area (Å²) < 4.78 is 33.1. The predicted octanol–water partition coefficient (Wildman–Crippen LogP) is 2.83. The average Bonchev–Trinajstić information content (AvgIpc) is 3.71. The van der Waals surface area contributed by atoms with Gasteiger partial charge >= 0.3 is 10.3 Å². The number of carbonyl (C=O) groups is 3. The zero-order valence-corrected chi connectivity index (χ0v) is 21.5. The SMILES string of the molecule is CC(C/C=C(\N)C1CC1)[C@H](Cc1ccc(NS(=O)(=O)O)cc1)NC(=O)[C@H](Cc1ccccc1)C(=O)C=O. The first-order valence-corrected chi connectivity index (χ1v) is 13.6. The summed E-state index contributed by atoms with van der Waals surface area (Å²) >= 11 is 0. The highest BCUT2D eigenvalue weighted by molar-refractivity contribution is 7.87. The molecule has 3 atom stereocenters. The normalized spacial score (nSPS) is 16.3. The number of anilines is 1. The highest BCUT2D eigenvalue weighted by atomic mass is 32.2. The third kappa shape index (κ3) is 9.14. The van der Waals surface area contributed by atoms with Crippen molar-refractivity contribution >= 4 is 34.0 Å². The van der Waals surface area contributed by atoms with Crippen molar-refractivity contribution in [1.82, 2.24) is 5.32 Å². The van der Waals surface area contributed by atoms with Crippen LogP contribution in [0.25, 0.3) is 0 Å². The number of benzene rings is 2. The molecule has 2 aromatic rings. The van der Waals surface area contributed by atoms with Crippen LogP contribution in [-0.4, -0.2) is 37.0 Å². The van der Waals surface area contributed by atoms with Gasteiger partial charge in [-0.15, -0.1) is 0 Å². The van der Waals surface area contributed by atoms with E-state index in [4.69, 9.17) is 10.3 Å². The molecule has 2 aromatic carbocycles. The second kappa shape index (κ2) is 12.6. The molecule has 0 spiro atoms. The molecule has 0 saturated heterocycles. The zero-order valence-electron chi connectivity index (χ0n) is 20.7. The lowest BCUT2D eigenvalue weighted by atomic mass is 9.89. The lowest BCUT2D eigenvalue weighted by Crippen LogP contribution is -2.46. The van der Waals surface area contributed by atoms with Crippen LogP contribution < -0.4 is 15.8 Å². The fraction of sp³-hybridized carbons (Fsp3) is 0.370. The molecule has 0 radical (unpaired) electrons. The van der Waals surface area contributed by atoms with E-state index in [0.717, 1.165) is 29.7 Å². The molecule has 1 fully saturated rings. The maximum atomic E-state index is 13.3. The summed E-state index contributed by atoms with van der Waals surface area (Å²) in [6, 6.07) is 15.0. The number of allylic oxidation sites excluding steroid dienone is 2. The monoisotopic (exact) mass is 527 g/mol. The van der Waals surface area contributed by atoms with Crippen LogP contribution in [0.1, 0.15) is 37.3 Å². The van der Waals surface area contributed by atoms with Gasteiger partial charge in [0.15, 0.2) is 6.29 Å². The van der Waals surface area contributed by atoms with Crippen molar-refractivity contribution in [2.24, 2.45) is 23.5 Å². The molecule has 0 bridgehead atoms. The van der Waals surface area contributed by atoms with Crippen LogP contribution in [0.15, 0.2) is 66.4 Å². The van der Waals surface area contributed by atoms with Gasteiger partial charge in [-0.25, -0.2) is 0 Å². The van der Waals surface area contributed by atoms with Crippen LogP contribution in [0.3, 0.4) is 0 Å². The molecule has 1 aliphatic rings. The molecule has 9 nitrogen and oxygen atoms in total. The molecular formula is C27H33N3O6S. The van der Waals surface area contributed by atoms with Gasteiger partial charge in [0, 0.05) is 11.7 Å². The lowest BCUT2D eigenvalue weighted by molar-refractivity contribution is -0.139. The summed E-state index contributed by atoms with van der Waals surface area (Å²) in [5, 5.41) is 2.98. The molecule has 1 aliphatic carbocycles. The Kier molecular flexibility index (Phi) is 9.60. The fourth-order valence-electron chi connectivity index (χ4n) is 4.11. The number of aldehydes is 1. The number of nitrogens with two attached hydrogens (primary N) is 1. The highest BCUT2D eigenvalue weighted by Crippen LogP contribution is 2.34. The van der Waals surface area contributed by atoms with Crippen LogP contribution >= 0.6 is 0 Å². The van der Waals surface area contributed by atoms with Crippen molar-refractivity contribution in [2.45, 2.75) is 45.1 Å². The molecule has 0 heterocycles. The van der Waals surface area contributed by atoms with E-state index in [-0.39, 0.29) is 24.3 Å². The lowest BCUT2D eigenvalue weighted by Gasteiger charge is -2.27. The maximum absolute atomic E-state index is 13.3. The first-order chi connectivity index (χ1) is 17.6. The number of hydrogen-bond donors (Lipinski definition) is 4. The van der Waals surface area contributed by atoms with E-state index in [2.05, 4.69) is 5.32 Å². The number of carbonyl (C=O) groups excluding carboxylic acids is 3. The number of hydrogen-bond acceptors (Lipinski definition) is 6. The second-order valence-corrected chi connectivity index (χ2v) is 10.7. The van der Waals surface area contributed by atoms with Crippen molar-refractivity contribution in [3.63, 3.8) is 0 Å². The summed E-state index contributed by atoms with van der Waals surface area (Å²) in [7, 11) is -4.39. The zero-order chi connectivity index (χ0) is 27.0. The van der Waals surface area contributed by atoms with Crippen LogP contribution in [0.4, 0.5) is 5.69 Å². The molecule has 1 saturated carbocycles. The van der Waals surface area contributed by atoms with Crippen LogP contribution in [0.5, 0.6) is 0 Å². The second-order valence-electron chi connectivity index (χ2n) is 9.55. The Labute approximate surface area is 217 Å². The minimum Gasteiger partial charge on any atom is -0.402 e. The Morgan fingerprint density at radius 1 is 1.05 bits per heavy atom. The molecule has 1 unspecified atom stereocenters. The summed E-state index contributed by atoms with van der Waals surface area (Å²) in [4.78, 5) is 37.0. The van der Waals surface area contributed by atoms with Crippen molar-refractivity contribution in [3.05, 3.63) is 77.5 Å². The molecule has 198 valence electrons. The van der Waals surface area contributed by atoms with Crippen molar-refractivity contribution < 1.29 is 27.4 Å². The molecule has 10 heteroatoms. The topological polar surface area (TPSA) is 156 Å². The number of Topliss-reactive ketones (excluding diaryl/α,β-unsaturated/α-hetero) is 1. The molecule has 1 amide bonds. The summed E-state index contributed by atoms with van der Waals surface area (Å²) in [6.45, 7) is 1.98. The molecule has 0 aromatic heterocycles. The fourth-order valence-corrected chi connectivity index (χ4v) is 4.55. The van der Waals surface area contributed by atoms with Gasteiger partial charge in [0.1, 0.15) is 5.92 Å². The summed E-state index contributed by atoms with van der Waals surface area (Å²) in [5.74, 6) is -2.10. The van der Waals surface area contributed by atoms with Crippen molar-refractivity contribution in [3.8, 4) is 0 Å². The highest BCUT2D eigenvalue weighted by Gasteiger charge is 2.30. The largest absolute Gasteiger partial charge is 0.402 e. The van der Waals surface area contributed by atoms with Gasteiger partial charge in [-0.05, 0) is 67.2 Å². The maximum Gasteiger partial charge on any atom is 0.357 e. The van der Waals surface area contributed by atoms with E-state index in [1.807, 2.05) is 23.8 Å². The number of nitrogens with one attached hydrogen (secondary N) is 2. The summed E-state index contributed by atoms with van der Waals surface area (Å²) in [5.41, 5.74) is 8.76.